The predicted molar refractivity (Wildman–Crippen MR) is 55.8 cm³/mol. The van der Waals surface area contributed by atoms with E-state index in [-0.39, 0.29) is 12.0 Å². The Morgan fingerprint density at radius 1 is 1.67 bits per heavy atom. The van der Waals surface area contributed by atoms with Gasteiger partial charge in [-0.1, -0.05) is 0 Å². The molecule has 0 spiro atoms. The van der Waals surface area contributed by atoms with Crippen LogP contribution < -0.4 is 10.6 Å². The van der Waals surface area contributed by atoms with Gasteiger partial charge in [0, 0.05) is 25.3 Å². The molecule has 1 aromatic rings. The van der Waals surface area contributed by atoms with Crippen molar-refractivity contribution in [1.82, 2.24) is 4.98 Å². The largest absolute Gasteiger partial charge is 0.465 e. The molecule has 0 radical (unpaired) electrons. The van der Waals surface area contributed by atoms with Crippen LogP contribution in [0.3, 0.4) is 0 Å². The predicted octanol–water partition coefficient (Wildman–Crippen LogP) is 0.0155. The van der Waals surface area contributed by atoms with Crippen molar-refractivity contribution in [3.63, 3.8) is 0 Å². The maximum atomic E-state index is 11.3. The third-order valence-corrected chi connectivity index (χ3v) is 2.40. The number of carbonyl (C=O) groups is 1. The number of hydrogen-bond donors (Lipinski definition) is 1. The average molecular weight is 207 g/mol. The van der Waals surface area contributed by atoms with Gasteiger partial charge in [0.1, 0.15) is 5.82 Å². The molecular weight excluding hydrogens is 194 g/mol. The summed E-state index contributed by atoms with van der Waals surface area (Å²) < 4.78 is 4.63. The molecule has 2 N–H and O–H groups in total. The van der Waals surface area contributed by atoms with Crippen LogP contribution in [0.25, 0.3) is 0 Å². The number of methoxy groups -OCH3 is 1. The quantitative estimate of drug-likeness (QED) is 0.692. The van der Waals surface area contributed by atoms with Crippen LogP contribution in [-0.4, -0.2) is 37.2 Å². The standard InChI is InChI=1S/C10H13N3O2/c1-15-10(14)7-2-3-12-9(4-7)13-5-8(11)6-13/h2-4,8H,5-6,11H2,1H3. The number of anilines is 1. The lowest BCUT2D eigenvalue weighted by Gasteiger charge is -2.37. The molecule has 1 aliphatic rings. The molecule has 80 valence electrons. The number of esters is 1. The van der Waals surface area contributed by atoms with Crippen molar-refractivity contribution in [1.29, 1.82) is 0 Å². The Morgan fingerprint density at radius 2 is 2.40 bits per heavy atom. The molecule has 15 heavy (non-hydrogen) atoms. The highest BCUT2D eigenvalue weighted by molar-refractivity contribution is 5.90. The molecule has 2 rings (SSSR count). The lowest BCUT2D eigenvalue weighted by atomic mass is 10.1. The molecule has 0 saturated carbocycles. The third kappa shape index (κ3) is 1.92. The highest BCUT2D eigenvalue weighted by atomic mass is 16.5. The molecular formula is C10H13N3O2. The summed E-state index contributed by atoms with van der Waals surface area (Å²) in [4.78, 5) is 17.5. The molecule has 0 aromatic carbocycles. The summed E-state index contributed by atoms with van der Waals surface area (Å²) in [6.07, 6.45) is 1.60. The SMILES string of the molecule is COC(=O)c1ccnc(N2CC(N)C2)c1. The van der Waals surface area contributed by atoms with E-state index >= 15 is 0 Å². The van der Waals surface area contributed by atoms with E-state index in [1.165, 1.54) is 7.11 Å². The van der Waals surface area contributed by atoms with Gasteiger partial charge < -0.3 is 15.4 Å². The summed E-state index contributed by atoms with van der Waals surface area (Å²) in [5.41, 5.74) is 6.19. The van der Waals surface area contributed by atoms with Gasteiger partial charge in [0.05, 0.1) is 12.7 Å². The number of nitrogens with zero attached hydrogens (tertiary/aromatic N) is 2. The van der Waals surface area contributed by atoms with Crippen LogP contribution in [0, 0.1) is 0 Å². The van der Waals surface area contributed by atoms with E-state index < -0.39 is 0 Å². The van der Waals surface area contributed by atoms with Gasteiger partial charge in [0.2, 0.25) is 0 Å². The zero-order valence-electron chi connectivity index (χ0n) is 8.51. The number of nitrogens with two attached hydrogens (primary N) is 1. The normalized spacial score (nSPS) is 16.0. The number of carbonyl (C=O) groups excluding carboxylic acids is 1. The van der Waals surface area contributed by atoms with Crippen LogP contribution in [0.15, 0.2) is 18.3 Å². The monoisotopic (exact) mass is 207 g/mol. The highest BCUT2D eigenvalue weighted by Gasteiger charge is 2.24. The first-order valence-corrected chi connectivity index (χ1v) is 4.75. The first-order valence-electron chi connectivity index (χ1n) is 4.75. The van der Waals surface area contributed by atoms with E-state index in [2.05, 4.69) is 9.72 Å². The molecule has 0 atom stereocenters. The molecule has 1 aliphatic heterocycles. The van der Waals surface area contributed by atoms with E-state index in [0.717, 1.165) is 18.9 Å². The molecule has 2 heterocycles. The zero-order valence-corrected chi connectivity index (χ0v) is 8.51. The number of pyridine rings is 1. The summed E-state index contributed by atoms with van der Waals surface area (Å²) in [7, 11) is 1.36. The van der Waals surface area contributed by atoms with Gasteiger partial charge in [-0.3, -0.25) is 0 Å². The van der Waals surface area contributed by atoms with E-state index in [4.69, 9.17) is 5.73 Å². The fraction of sp³-hybridized carbons (Fsp3) is 0.400. The zero-order chi connectivity index (χ0) is 10.8. The van der Waals surface area contributed by atoms with Crippen molar-refractivity contribution in [2.24, 2.45) is 5.73 Å². The van der Waals surface area contributed by atoms with E-state index in [9.17, 15) is 4.79 Å². The lowest BCUT2D eigenvalue weighted by Crippen LogP contribution is -2.56. The van der Waals surface area contributed by atoms with Gasteiger partial charge in [0.25, 0.3) is 0 Å². The van der Waals surface area contributed by atoms with Crippen LogP contribution >= 0.6 is 0 Å². The van der Waals surface area contributed by atoms with E-state index in [1.807, 2.05) is 4.90 Å². The van der Waals surface area contributed by atoms with Gasteiger partial charge in [-0.2, -0.15) is 0 Å². The molecule has 0 amide bonds. The number of ether oxygens (including phenoxy) is 1. The van der Waals surface area contributed by atoms with Crippen LogP contribution in [0.5, 0.6) is 0 Å². The van der Waals surface area contributed by atoms with Crippen molar-refractivity contribution in [2.75, 3.05) is 25.1 Å². The summed E-state index contributed by atoms with van der Waals surface area (Å²) in [5, 5.41) is 0. The van der Waals surface area contributed by atoms with Crippen molar-refractivity contribution in [2.45, 2.75) is 6.04 Å². The van der Waals surface area contributed by atoms with Crippen LogP contribution in [-0.2, 0) is 4.74 Å². The summed E-state index contributed by atoms with van der Waals surface area (Å²) in [5.74, 6) is 0.433. The van der Waals surface area contributed by atoms with E-state index in [1.54, 1.807) is 18.3 Å². The minimum absolute atomic E-state index is 0.216. The van der Waals surface area contributed by atoms with Crippen LogP contribution in [0.2, 0.25) is 0 Å². The molecule has 1 aromatic heterocycles. The first-order chi connectivity index (χ1) is 7.20. The molecule has 5 heteroatoms. The van der Waals surface area contributed by atoms with Gasteiger partial charge in [-0.15, -0.1) is 0 Å². The summed E-state index contributed by atoms with van der Waals surface area (Å²) in [6.45, 7) is 1.58. The number of aromatic nitrogens is 1. The van der Waals surface area contributed by atoms with Gasteiger partial charge in [-0.25, -0.2) is 9.78 Å². The fourth-order valence-corrected chi connectivity index (χ4v) is 1.54. The summed E-state index contributed by atoms with van der Waals surface area (Å²) in [6, 6.07) is 3.57. The van der Waals surface area contributed by atoms with Crippen molar-refractivity contribution in [3.05, 3.63) is 23.9 Å². The fourth-order valence-electron chi connectivity index (χ4n) is 1.54. The van der Waals surface area contributed by atoms with Crippen molar-refractivity contribution in [3.8, 4) is 0 Å². The maximum Gasteiger partial charge on any atom is 0.338 e. The smallest absolute Gasteiger partial charge is 0.338 e. The Bertz CT molecular complexity index is 375. The number of rotatable bonds is 2. The average Bonchev–Trinajstić information content (AvgIpc) is 2.24. The molecule has 0 aliphatic carbocycles. The first kappa shape index (κ1) is 9.92. The second kappa shape index (κ2) is 3.86. The highest BCUT2D eigenvalue weighted by Crippen LogP contribution is 2.18. The molecule has 0 bridgehead atoms. The van der Waals surface area contributed by atoms with Crippen molar-refractivity contribution < 1.29 is 9.53 Å². The van der Waals surface area contributed by atoms with Crippen LogP contribution in [0.4, 0.5) is 5.82 Å². The molecule has 1 saturated heterocycles. The Kier molecular flexibility index (Phi) is 2.55. The second-order valence-corrected chi connectivity index (χ2v) is 3.56. The minimum Gasteiger partial charge on any atom is -0.465 e. The molecule has 5 nitrogen and oxygen atoms in total. The maximum absolute atomic E-state index is 11.3. The third-order valence-electron chi connectivity index (χ3n) is 2.40. The lowest BCUT2D eigenvalue weighted by molar-refractivity contribution is 0.0600. The Labute approximate surface area is 87.8 Å². The van der Waals surface area contributed by atoms with Crippen molar-refractivity contribution >= 4 is 11.8 Å². The summed E-state index contributed by atoms with van der Waals surface area (Å²) >= 11 is 0. The van der Waals surface area contributed by atoms with Gasteiger partial charge in [0.15, 0.2) is 0 Å². The molecule has 1 fully saturated rings. The minimum atomic E-state index is -0.344. The Hall–Kier alpha value is -1.62. The topological polar surface area (TPSA) is 68.5 Å². The Balaban J connectivity index is 2.16. The van der Waals surface area contributed by atoms with Crippen LogP contribution in [0.1, 0.15) is 10.4 Å². The second-order valence-electron chi connectivity index (χ2n) is 3.56. The van der Waals surface area contributed by atoms with Gasteiger partial charge in [-0.05, 0) is 12.1 Å². The van der Waals surface area contributed by atoms with E-state index in [0.29, 0.717) is 5.56 Å². The molecule has 0 unspecified atom stereocenters. The number of hydrogen-bond acceptors (Lipinski definition) is 5. The van der Waals surface area contributed by atoms with Gasteiger partial charge >= 0.3 is 5.97 Å². The Morgan fingerprint density at radius 3 is 3.00 bits per heavy atom.